The molecule has 1 atom stereocenters. The van der Waals surface area contributed by atoms with Crippen molar-refractivity contribution in [1.29, 1.82) is 0 Å². The second-order valence-electron chi connectivity index (χ2n) is 2.26. The number of hydrogen-bond donors (Lipinski definition) is 4. The van der Waals surface area contributed by atoms with Gasteiger partial charge in [0.25, 0.3) is 5.91 Å². The second-order valence-corrected chi connectivity index (χ2v) is 2.26. The summed E-state index contributed by atoms with van der Waals surface area (Å²) in [6, 6.07) is 0. The average molecular weight is 158 g/mol. The van der Waals surface area contributed by atoms with Crippen molar-refractivity contribution >= 4 is 5.91 Å². The fraction of sp³-hybridized carbons (Fsp3) is 0.400. The van der Waals surface area contributed by atoms with E-state index in [9.17, 15) is 4.79 Å². The van der Waals surface area contributed by atoms with E-state index in [1.54, 1.807) is 0 Å². The third-order valence-corrected chi connectivity index (χ3v) is 1.53. The van der Waals surface area contributed by atoms with Crippen LogP contribution in [0.15, 0.2) is 11.5 Å². The quantitative estimate of drug-likeness (QED) is 0.309. The molecule has 62 valence electrons. The Morgan fingerprint density at radius 1 is 1.64 bits per heavy atom. The Hall–Kier alpha value is -1.43. The third-order valence-electron chi connectivity index (χ3n) is 1.53. The molecule has 11 heavy (non-hydrogen) atoms. The molecule has 1 aliphatic rings. The van der Waals surface area contributed by atoms with E-state index in [0.717, 1.165) is 0 Å². The van der Waals surface area contributed by atoms with Crippen LogP contribution >= 0.6 is 0 Å². The molecule has 0 saturated carbocycles. The highest BCUT2D eigenvalue weighted by Crippen LogP contribution is 2.05. The van der Waals surface area contributed by atoms with Crippen LogP contribution < -0.4 is 16.8 Å². The maximum absolute atomic E-state index is 10.8. The van der Waals surface area contributed by atoms with E-state index >= 15 is 0 Å². The van der Waals surface area contributed by atoms with Crippen molar-refractivity contribution in [1.82, 2.24) is 10.2 Å². The Morgan fingerprint density at radius 2 is 2.18 bits per heavy atom. The number of amides is 1. The summed E-state index contributed by atoms with van der Waals surface area (Å²) in [4.78, 5) is 12.1. The maximum Gasteiger partial charge on any atom is 0.274 e. The standard InChI is InChI=1S/C5H10N4O2/c1-9-3(7)2(6)4(10)8-5(9)11/h5,11H,6-7H2,1H3,(H,8,10). The third kappa shape index (κ3) is 1.07. The molecular formula is C5H10N4O2. The van der Waals surface area contributed by atoms with Crippen molar-refractivity contribution in [2.24, 2.45) is 11.5 Å². The minimum absolute atomic E-state index is 0.0715. The molecule has 0 fully saturated rings. The van der Waals surface area contributed by atoms with Gasteiger partial charge in [-0.1, -0.05) is 0 Å². The lowest BCUT2D eigenvalue weighted by Crippen LogP contribution is -2.54. The van der Waals surface area contributed by atoms with Crippen molar-refractivity contribution in [2.45, 2.75) is 6.35 Å². The van der Waals surface area contributed by atoms with Gasteiger partial charge in [0.15, 0.2) is 0 Å². The minimum atomic E-state index is -1.09. The topological polar surface area (TPSA) is 105 Å². The summed E-state index contributed by atoms with van der Waals surface area (Å²) in [5.41, 5.74) is 10.6. The van der Waals surface area contributed by atoms with Gasteiger partial charge in [0.1, 0.15) is 11.5 Å². The first kappa shape index (κ1) is 7.67. The Bertz CT molecular complexity index is 225. The van der Waals surface area contributed by atoms with Gasteiger partial charge in [0.05, 0.1) is 0 Å². The fourth-order valence-electron chi connectivity index (χ4n) is 0.730. The molecule has 1 heterocycles. The number of aliphatic hydroxyl groups is 1. The van der Waals surface area contributed by atoms with E-state index < -0.39 is 12.3 Å². The molecule has 6 nitrogen and oxygen atoms in total. The molecule has 0 spiro atoms. The first-order chi connectivity index (χ1) is 5.04. The van der Waals surface area contributed by atoms with Crippen LogP contribution in [0.4, 0.5) is 0 Å². The zero-order valence-electron chi connectivity index (χ0n) is 6.03. The van der Waals surface area contributed by atoms with Crippen LogP contribution in [0.2, 0.25) is 0 Å². The lowest BCUT2D eigenvalue weighted by atomic mass is 10.3. The fourth-order valence-corrected chi connectivity index (χ4v) is 0.730. The zero-order valence-corrected chi connectivity index (χ0v) is 6.03. The Labute approximate surface area is 63.4 Å². The first-order valence-corrected chi connectivity index (χ1v) is 3.01. The van der Waals surface area contributed by atoms with E-state index in [1.807, 2.05) is 0 Å². The van der Waals surface area contributed by atoms with E-state index in [1.165, 1.54) is 11.9 Å². The molecule has 1 unspecified atom stereocenters. The van der Waals surface area contributed by atoms with Crippen LogP contribution in [0.25, 0.3) is 0 Å². The van der Waals surface area contributed by atoms with E-state index in [2.05, 4.69) is 5.32 Å². The second kappa shape index (κ2) is 2.31. The lowest BCUT2D eigenvalue weighted by molar-refractivity contribution is -0.126. The summed E-state index contributed by atoms with van der Waals surface area (Å²) in [5.74, 6) is -0.464. The van der Waals surface area contributed by atoms with Gasteiger partial charge >= 0.3 is 0 Å². The number of nitrogens with two attached hydrogens (primary N) is 2. The predicted molar refractivity (Wildman–Crippen MR) is 37.3 cm³/mol. The van der Waals surface area contributed by atoms with Crippen LogP contribution in [0.1, 0.15) is 0 Å². The summed E-state index contributed by atoms with van der Waals surface area (Å²) in [7, 11) is 1.52. The van der Waals surface area contributed by atoms with Crippen molar-refractivity contribution in [3.8, 4) is 0 Å². The van der Waals surface area contributed by atoms with Crippen molar-refractivity contribution in [3.63, 3.8) is 0 Å². The Balaban J connectivity index is 2.98. The first-order valence-electron chi connectivity index (χ1n) is 3.01. The summed E-state index contributed by atoms with van der Waals surface area (Å²) >= 11 is 0. The van der Waals surface area contributed by atoms with Crippen LogP contribution in [0.5, 0.6) is 0 Å². The van der Waals surface area contributed by atoms with Crippen molar-refractivity contribution in [3.05, 3.63) is 11.5 Å². The molecule has 0 aliphatic carbocycles. The highest BCUT2D eigenvalue weighted by molar-refractivity contribution is 5.93. The number of hydrogen-bond acceptors (Lipinski definition) is 5. The molecule has 6 N–H and O–H groups in total. The highest BCUT2D eigenvalue weighted by atomic mass is 16.3. The van der Waals surface area contributed by atoms with Crippen molar-refractivity contribution in [2.75, 3.05) is 7.05 Å². The molecule has 6 heteroatoms. The molecule has 0 bridgehead atoms. The van der Waals surface area contributed by atoms with Gasteiger partial charge < -0.3 is 26.8 Å². The molecule has 0 saturated heterocycles. The van der Waals surface area contributed by atoms with Crippen LogP contribution in [0, 0.1) is 0 Å². The zero-order chi connectivity index (χ0) is 8.59. The smallest absolute Gasteiger partial charge is 0.274 e. The van der Waals surface area contributed by atoms with Gasteiger partial charge in [-0.25, -0.2) is 0 Å². The van der Waals surface area contributed by atoms with Gasteiger partial charge in [-0.05, 0) is 0 Å². The average Bonchev–Trinajstić information content (AvgIpc) is 1.97. The minimum Gasteiger partial charge on any atom is -0.391 e. The molecule has 1 rings (SSSR count). The highest BCUT2D eigenvalue weighted by Gasteiger charge is 2.25. The van der Waals surface area contributed by atoms with Gasteiger partial charge in [-0.3, -0.25) is 4.79 Å². The maximum atomic E-state index is 10.8. The molecule has 0 aromatic heterocycles. The van der Waals surface area contributed by atoms with Gasteiger partial charge in [-0.15, -0.1) is 0 Å². The lowest BCUT2D eigenvalue weighted by Gasteiger charge is -2.31. The van der Waals surface area contributed by atoms with Gasteiger partial charge in [-0.2, -0.15) is 0 Å². The van der Waals surface area contributed by atoms with Crippen LogP contribution in [0.3, 0.4) is 0 Å². The summed E-state index contributed by atoms with van der Waals surface area (Å²) in [5, 5.41) is 11.2. The van der Waals surface area contributed by atoms with E-state index in [4.69, 9.17) is 16.6 Å². The largest absolute Gasteiger partial charge is 0.391 e. The molecule has 0 aromatic carbocycles. The summed E-state index contributed by atoms with van der Waals surface area (Å²) in [6.45, 7) is 0. The van der Waals surface area contributed by atoms with Gasteiger partial charge in [0.2, 0.25) is 6.35 Å². The number of nitrogens with zero attached hydrogens (tertiary/aromatic N) is 1. The number of carbonyl (C=O) groups excluding carboxylic acids is 1. The van der Waals surface area contributed by atoms with E-state index in [-0.39, 0.29) is 11.5 Å². The Morgan fingerprint density at radius 3 is 2.73 bits per heavy atom. The van der Waals surface area contributed by atoms with E-state index in [0.29, 0.717) is 0 Å². The molecule has 1 aliphatic heterocycles. The van der Waals surface area contributed by atoms with Crippen LogP contribution in [-0.2, 0) is 4.79 Å². The normalized spacial score (nSPS) is 25.5. The van der Waals surface area contributed by atoms with Gasteiger partial charge in [0, 0.05) is 7.05 Å². The SMILES string of the molecule is CN1C(N)=C(N)C(=O)NC1O. The van der Waals surface area contributed by atoms with Crippen molar-refractivity contribution < 1.29 is 9.90 Å². The number of carbonyl (C=O) groups is 1. The summed E-state index contributed by atoms with van der Waals surface area (Å²) in [6.07, 6.45) is -1.09. The molecule has 0 radical (unpaired) electrons. The monoisotopic (exact) mass is 158 g/mol. The molecular weight excluding hydrogens is 148 g/mol. The van der Waals surface area contributed by atoms with Crippen LogP contribution in [-0.4, -0.2) is 29.3 Å². The predicted octanol–water partition coefficient (Wildman–Crippen LogP) is -2.59. The molecule has 0 aromatic rings. The number of aliphatic hydroxyl groups excluding tert-OH is 1. The molecule has 1 amide bonds. The number of nitrogens with one attached hydrogen (secondary N) is 1. The summed E-state index contributed by atoms with van der Waals surface area (Å²) < 4.78 is 0. The number of rotatable bonds is 0. The Kier molecular flexibility index (Phi) is 1.61.